The van der Waals surface area contributed by atoms with Gasteiger partial charge in [0, 0.05) is 22.4 Å². The Morgan fingerprint density at radius 1 is 0.397 bits per heavy atom. The van der Waals surface area contributed by atoms with E-state index in [2.05, 4.69) is 237 Å². The highest BCUT2D eigenvalue weighted by atomic mass is 15.1. The molecule has 63 heavy (non-hydrogen) atoms. The molecule has 0 unspecified atom stereocenters. The first kappa shape index (κ1) is 39.4. The molecule has 3 aliphatic rings. The molecule has 0 aromatic heterocycles. The number of anilines is 3. The maximum Gasteiger partial charge on any atom is 0.0726 e. The highest BCUT2D eigenvalue weighted by Crippen LogP contribution is 2.64. The Morgan fingerprint density at radius 3 is 1.38 bits per heavy atom. The number of para-hydroxylation sites is 1. The molecule has 0 saturated heterocycles. The van der Waals surface area contributed by atoms with Gasteiger partial charge in [0.2, 0.25) is 0 Å². The van der Waals surface area contributed by atoms with E-state index in [0.717, 1.165) is 23.5 Å². The molecule has 0 fully saturated rings. The molecule has 11 rings (SSSR count). The van der Waals surface area contributed by atoms with Gasteiger partial charge in [-0.2, -0.15) is 0 Å². The Bertz CT molecular complexity index is 3080. The van der Waals surface area contributed by atoms with E-state index in [1.807, 2.05) is 0 Å². The average molecular weight is 816 g/mol. The molecule has 0 heterocycles. The first-order valence-electron chi connectivity index (χ1n) is 23.0. The van der Waals surface area contributed by atoms with E-state index < -0.39 is 5.41 Å². The minimum atomic E-state index is -0.502. The maximum absolute atomic E-state index is 2.56. The van der Waals surface area contributed by atoms with Gasteiger partial charge < -0.3 is 4.90 Å². The molecule has 1 nitrogen and oxygen atoms in total. The topological polar surface area (TPSA) is 3.24 Å². The smallest absolute Gasteiger partial charge is 0.0726 e. The molecule has 0 atom stereocenters. The lowest BCUT2D eigenvalue weighted by Gasteiger charge is -2.34. The summed E-state index contributed by atoms with van der Waals surface area (Å²) in [6.07, 6.45) is 1.02. The van der Waals surface area contributed by atoms with E-state index >= 15 is 0 Å². The molecule has 3 aliphatic carbocycles. The summed E-state index contributed by atoms with van der Waals surface area (Å²) in [4.78, 5) is 2.55. The van der Waals surface area contributed by atoms with Crippen molar-refractivity contribution in [2.24, 2.45) is 0 Å². The van der Waals surface area contributed by atoms with Crippen molar-refractivity contribution in [3.8, 4) is 44.5 Å². The fraction of sp³-hybridized carbons (Fsp3) is 0.226. The second-order valence-corrected chi connectivity index (χ2v) is 20.8. The number of fused-ring (bicyclic) bond motifs is 13. The number of rotatable bonds is 5. The number of benzene rings is 8. The zero-order valence-electron chi connectivity index (χ0n) is 38.3. The lowest BCUT2D eigenvalue weighted by Crippen LogP contribution is -2.27. The van der Waals surface area contributed by atoms with Crippen molar-refractivity contribution in [1.29, 1.82) is 0 Å². The van der Waals surface area contributed by atoms with Gasteiger partial charge in [-0.3, -0.25) is 0 Å². The summed E-state index contributed by atoms with van der Waals surface area (Å²) < 4.78 is 0. The van der Waals surface area contributed by atoms with Crippen LogP contribution in [0, 0.1) is 0 Å². The van der Waals surface area contributed by atoms with Crippen LogP contribution < -0.4 is 4.90 Å². The predicted molar refractivity (Wildman–Crippen MR) is 267 cm³/mol. The van der Waals surface area contributed by atoms with Crippen molar-refractivity contribution in [1.82, 2.24) is 0 Å². The highest BCUT2D eigenvalue weighted by molar-refractivity contribution is 5.98. The van der Waals surface area contributed by atoms with Crippen LogP contribution in [0.4, 0.5) is 17.1 Å². The van der Waals surface area contributed by atoms with E-state index in [1.54, 1.807) is 0 Å². The predicted octanol–water partition coefficient (Wildman–Crippen LogP) is 16.6. The summed E-state index contributed by atoms with van der Waals surface area (Å²) in [5.41, 5.74) is 25.5. The summed E-state index contributed by atoms with van der Waals surface area (Å²) in [7, 11) is 0. The molecule has 0 bridgehead atoms. The van der Waals surface area contributed by atoms with Crippen LogP contribution in [0.25, 0.3) is 44.5 Å². The van der Waals surface area contributed by atoms with Crippen LogP contribution in [-0.2, 0) is 28.1 Å². The molecule has 1 heteroatoms. The van der Waals surface area contributed by atoms with Crippen LogP contribution in [-0.4, -0.2) is 0 Å². The van der Waals surface area contributed by atoms with Gasteiger partial charge in [-0.15, -0.1) is 0 Å². The Hall–Kier alpha value is -6.44. The van der Waals surface area contributed by atoms with E-state index in [-0.39, 0.29) is 16.2 Å². The van der Waals surface area contributed by atoms with Gasteiger partial charge in [0.05, 0.1) is 11.1 Å². The third-order valence-corrected chi connectivity index (χ3v) is 14.8. The summed E-state index contributed by atoms with van der Waals surface area (Å²) in [5, 5.41) is 0. The number of hydrogen-bond donors (Lipinski definition) is 0. The quantitative estimate of drug-likeness (QED) is 0.167. The van der Waals surface area contributed by atoms with Crippen molar-refractivity contribution in [3.05, 3.63) is 220 Å². The van der Waals surface area contributed by atoms with Crippen LogP contribution in [0.3, 0.4) is 0 Å². The van der Waals surface area contributed by atoms with Crippen LogP contribution in [0.5, 0.6) is 0 Å². The fourth-order valence-corrected chi connectivity index (χ4v) is 11.3. The largest absolute Gasteiger partial charge is 0.310 e. The third kappa shape index (κ3) is 5.75. The van der Waals surface area contributed by atoms with Crippen LogP contribution in [0.15, 0.2) is 170 Å². The number of nitrogens with zero attached hydrogens (tertiary/aromatic N) is 1. The molecule has 1 spiro atoms. The van der Waals surface area contributed by atoms with Crippen LogP contribution in [0.2, 0.25) is 0 Å². The molecule has 0 radical (unpaired) electrons. The average Bonchev–Trinajstić information content (AvgIpc) is 3.84. The maximum atomic E-state index is 2.56. The molecular weight excluding hydrogens is 759 g/mol. The van der Waals surface area contributed by atoms with Gasteiger partial charge in [0.1, 0.15) is 0 Å². The van der Waals surface area contributed by atoms with Crippen LogP contribution >= 0.6 is 0 Å². The molecule has 0 saturated carbocycles. The van der Waals surface area contributed by atoms with Crippen molar-refractivity contribution in [2.75, 3.05) is 4.90 Å². The second kappa shape index (κ2) is 13.8. The standard InChI is InChI=1S/C62H57N/c1-10-39-23-25-40(26-24-39)45-17-13-16-22-58(45)63(43-29-33-48-46-18-11-14-20-52(46)61(8,9)54(48)37-43)44-30-34-51-47-19-12-15-21-53(47)62(57(51)38-44)55-35-41(59(2,3)4)27-31-49(55)50-32-28-42(36-56(50)62)60(5,6)7/h11-38H,10H2,1-9H3. The SMILES string of the molecule is CCc1ccc(-c2ccccc2N(c2ccc3c(c2)C(C)(C)c2ccccc2-3)c2ccc3c(c2)C2(c4ccccc4-3)c3cc(C(C)(C)C)ccc3-c3ccc(C(C)(C)C)cc32)cc1. The van der Waals surface area contributed by atoms with Gasteiger partial charge >= 0.3 is 0 Å². The zero-order chi connectivity index (χ0) is 43.6. The Kier molecular flexibility index (Phi) is 8.62. The van der Waals surface area contributed by atoms with Gasteiger partial charge in [-0.25, -0.2) is 0 Å². The molecule has 0 N–H and O–H groups in total. The monoisotopic (exact) mass is 815 g/mol. The first-order valence-corrected chi connectivity index (χ1v) is 23.0. The highest BCUT2D eigenvalue weighted by Gasteiger charge is 2.52. The normalized spacial score (nSPS) is 14.7. The number of aryl methyl sites for hydroxylation is 1. The van der Waals surface area contributed by atoms with E-state index in [4.69, 9.17) is 0 Å². The Labute approximate surface area is 375 Å². The van der Waals surface area contributed by atoms with Crippen LogP contribution in [0.1, 0.15) is 112 Å². The van der Waals surface area contributed by atoms with Gasteiger partial charge in [-0.1, -0.05) is 202 Å². The summed E-state index contributed by atoms with van der Waals surface area (Å²) in [5.74, 6) is 0. The van der Waals surface area contributed by atoms with Crippen molar-refractivity contribution >= 4 is 17.1 Å². The van der Waals surface area contributed by atoms with E-state index in [0.29, 0.717) is 0 Å². The molecular formula is C62H57N. The third-order valence-electron chi connectivity index (χ3n) is 14.8. The van der Waals surface area contributed by atoms with Crippen molar-refractivity contribution in [2.45, 2.75) is 90.4 Å². The zero-order valence-corrected chi connectivity index (χ0v) is 38.3. The summed E-state index contributed by atoms with van der Waals surface area (Å²) >= 11 is 0. The first-order chi connectivity index (χ1) is 30.2. The van der Waals surface area contributed by atoms with Gasteiger partial charge in [-0.05, 0) is 137 Å². The Balaban J connectivity index is 1.21. The van der Waals surface area contributed by atoms with Crippen molar-refractivity contribution in [3.63, 3.8) is 0 Å². The lowest BCUT2D eigenvalue weighted by molar-refractivity contribution is 0.586. The molecule has 0 aliphatic heterocycles. The van der Waals surface area contributed by atoms with E-state index in [1.165, 1.54) is 94.6 Å². The Morgan fingerprint density at radius 2 is 0.825 bits per heavy atom. The summed E-state index contributed by atoms with van der Waals surface area (Å²) in [6.45, 7) is 21.1. The molecule has 8 aromatic carbocycles. The lowest BCUT2D eigenvalue weighted by atomic mass is 9.68. The fourth-order valence-electron chi connectivity index (χ4n) is 11.3. The van der Waals surface area contributed by atoms with E-state index in [9.17, 15) is 0 Å². The number of hydrogen-bond acceptors (Lipinski definition) is 1. The summed E-state index contributed by atoms with van der Waals surface area (Å²) in [6, 6.07) is 65.7. The molecule has 310 valence electrons. The van der Waals surface area contributed by atoms with Gasteiger partial charge in [0.25, 0.3) is 0 Å². The van der Waals surface area contributed by atoms with Gasteiger partial charge in [0.15, 0.2) is 0 Å². The minimum absolute atomic E-state index is 0.0127. The molecule has 8 aromatic rings. The molecule has 0 amide bonds. The second-order valence-electron chi connectivity index (χ2n) is 20.8. The van der Waals surface area contributed by atoms with Crippen molar-refractivity contribution < 1.29 is 0 Å². The minimum Gasteiger partial charge on any atom is -0.310 e.